The van der Waals surface area contributed by atoms with Gasteiger partial charge in [0.1, 0.15) is 6.42 Å². The number of carboxylic acid groups (broad SMARTS) is 1. The molecule has 78 valence electrons. The summed E-state index contributed by atoms with van der Waals surface area (Å²) in [6.45, 7) is 0. The van der Waals surface area contributed by atoms with E-state index in [9.17, 15) is 13.6 Å². The Kier molecular flexibility index (Phi) is 3.24. The molecule has 3 N–H and O–H groups in total. The molecule has 0 unspecified atom stereocenters. The summed E-state index contributed by atoms with van der Waals surface area (Å²) in [4.78, 5) is 10.1. The Morgan fingerprint density at radius 1 is 1.40 bits per heavy atom. The largest absolute Gasteiger partial charge is 0.481 e. The van der Waals surface area contributed by atoms with Gasteiger partial charge in [0.15, 0.2) is 11.6 Å². The lowest BCUT2D eigenvalue weighted by Crippen LogP contribution is -1.97. The van der Waals surface area contributed by atoms with Gasteiger partial charge in [-0.2, -0.15) is 0 Å². The Balaban J connectivity index is 3.00. The minimum atomic E-state index is -1.17. The molecule has 0 saturated heterocycles. The third-order valence-electron chi connectivity index (χ3n) is 1.57. The topological polar surface area (TPSA) is 63.3 Å². The van der Waals surface area contributed by atoms with Crippen LogP contribution in [0.2, 0.25) is 0 Å². The fourth-order valence-electron chi connectivity index (χ4n) is 0.876. The second-order valence-corrected chi connectivity index (χ2v) is 2.70. The van der Waals surface area contributed by atoms with Crippen LogP contribution in [0.1, 0.15) is 12.0 Å². The van der Waals surface area contributed by atoms with E-state index in [-0.39, 0.29) is 11.3 Å². The summed E-state index contributed by atoms with van der Waals surface area (Å²) < 4.78 is 26.0. The first-order valence-electron chi connectivity index (χ1n) is 3.96. The summed E-state index contributed by atoms with van der Waals surface area (Å²) in [6.07, 6.45) is -0.425. The van der Waals surface area contributed by atoms with E-state index in [0.29, 0.717) is 0 Å². The van der Waals surface area contributed by atoms with Crippen LogP contribution in [0.3, 0.4) is 0 Å². The van der Waals surface area contributed by atoms with E-state index in [4.69, 9.17) is 10.8 Å². The van der Waals surface area contributed by atoms with Gasteiger partial charge in [-0.15, -0.1) is 0 Å². The number of anilines is 1. The van der Waals surface area contributed by atoms with Crippen molar-refractivity contribution < 1.29 is 18.7 Å². The van der Waals surface area contributed by atoms with Crippen molar-refractivity contribution in [1.82, 2.24) is 0 Å². The molecular weight excluding hydrogens is 204 g/mol. The molecule has 0 heterocycles. The van der Waals surface area contributed by atoms with Crippen LogP contribution in [0.4, 0.5) is 14.5 Å². The number of carbonyl (C=O) groups is 1. The molecule has 3 nitrogen and oxygen atoms in total. The molecule has 1 rings (SSSR count). The summed E-state index contributed by atoms with van der Waals surface area (Å²) in [5.74, 6) is 0.948. The van der Waals surface area contributed by atoms with Crippen molar-refractivity contribution in [3.05, 3.63) is 29.3 Å². The van der Waals surface area contributed by atoms with Crippen molar-refractivity contribution >= 4 is 11.7 Å². The molecule has 0 radical (unpaired) electrons. The van der Waals surface area contributed by atoms with Crippen LogP contribution in [-0.2, 0) is 4.79 Å². The van der Waals surface area contributed by atoms with Crippen LogP contribution in [-0.4, -0.2) is 11.1 Å². The zero-order valence-corrected chi connectivity index (χ0v) is 7.55. The predicted octanol–water partition coefficient (Wildman–Crippen LogP) is 1.37. The molecule has 1 aromatic rings. The number of halogens is 2. The Morgan fingerprint density at radius 3 is 2.67 bits per heavy atom. The molecule has 0 bridgehead atoms. The van der Waals surface area contributed by atoms with Crippen LogP contribution in [0.15, 0.2) is 12.1 Å². The van der Waals surface area contributed by atoms with Gasteiger partial charge in [-0.05, 0) is 12.1 Å². The molecule has 0 aliphatic rings. The van der Waals surface area contributed by atoms with Gasteiger partial charge in [0.2, 0.25) is 0 Å². The molecule has 0 aromatic heterocycles. The zero-order chi connectivity index (χ0) is 11.4. The zero-order valence-electron chi connectivity index (χ0n) is 7.55. The Bertz CT molecular complexity index is 460. The lowest BCUT2D eigenvalue weighted by Gasteiger charge is -1.99. The number of benzene rings is 1. The Labute approximate surface area is 84.5 Å². The highest BCUT2D eigenvalue weighted by molar-refractivity contribution is 5.70. The van der Waals surface area contributed by atoms with Crippen LogP contribution < -0.4 is 5.73 Å². The molecule has 1 aromatic carbocycles. The maximum absolute atomic E-state index is 13.1. The normalized spacial score (nSPS) is 9.20. The number of nitrogen functional groups attached to an aromatic ring is 1. The highest BCUT2D eigenvalue weighted by Crippen LogP contribution is 2.16. The summed E-state index contributed by atoms with van der Waals surface area (Å²) in [6, 6.07) is 2.37. The first-order chi connectivity index (χ1) is 7.02. The highest BCUT2D eigenvalue weighted by Gasteiger charge is 2.09. The molecule has 0 saturated carbocycles. The molecular formula is C10H7F2NO2. The van der Waals surface area contributed by atoms with Gasteiger partial charge < -0.3 is 10.8 Å². The number of hydrogen-bond acceptors (Lipinski definition) is 2. The van der Waals surface area contributed by atoms with Crippen molar-refractivity contribution in [3.8, 4) is 11.8 Å². The predicted molar refractivity (Wildman–Crippen MR) is 49.9 cm³/mol. The number of hydrogen-bond donors (Lipinski definition) is 2. The second-order valence-electron chi connectivity index (χ2n) is 2.70. The van der Waals surface area contributed by atoms with E-state index in [1.54, 1.807) is 0 Å². The van der Waals surface area contributed by atoms with E-state index in [0.717, 1.165) is 0 Å². The lowest BCUT2D eigenvalue weighted by atomic mass is 10.2. The Morgan fingerprint density at radius 2 is 2.07 bits per heavy atom. The quantitative estimate of drug-likeness (QED) is 0.544. The van der Waals surface area contributed by atoms with E-state index < -0.39 is 24.0 Å². The summed E-state index contributed by atoms with van der Waals surface area (Å²) >= 11 is 0. The van der Waals surface area contributed by atoms with Crippen LogP contribution in [0.5, 0.6) is 0 Å². The SMILES string of the molecule is Nc1ccc(C#CCC(=O)O)c(F)c1F. The summed E-state index contributed by atoms with van der Waals surface area (Å²) in [5.41, 5.74) is 4.59. The van der Waals surface area contributed by atoms with Crippen molar-refractivity contribution in [3.63, 3.8) is 0 Å². The molecule has 0 aliphatic carbocycles. The summed E-state index contributed by atoms with van der Waals surface area (Å²) in [5, 5.41) is 8.27. The van der Waals surface area contributed by atoms with E-state index in [1.807, 2.05) is 0 Å². The van der Waals surface area contributed by atoms with Crippen molar-refractivity contribution in [2.75, 3.05) is 5.73 Å². The van der Waals surface area contributed by atoms with E-state index in [1.165, 1.54) is 12.1 Å². The van der Waals surface area contributed by atoms with Crippen molar-refractivity contribution in [1.29, 1.82) is 0 Å². The molecule has 0 spiro atoms. The number of nitrogens with two attached hydrogens (primary N) is 1. The van der Waals surface area contributed by atoms with Crippen molar-refractivity contribution in [2.24, 2.45) is 0 Å². The molecule has 0 amide bonds. The van der Waals surface area contributed by atoms with Gasteiger partial charge in [0, 0.05) is 0 Å². The van der Waals surface area contributed by atoms with Crippen LogP contribution in [0, 0.1) is 23.5 Å². The van der Waals surface area contributed by atoms with Gasteiger partial charge in [-0.1, -0.05) is 11.8 Å². The number of rotatable bonds is 1. The van der Waals surface area contributed by atoms with Gasteiger partial charge in [0.25, 0.3) is 0 Å². The average molecular weight is 211 g/mol. The maximum Gasteiger partial charge on any atom is 0.315 e. The van der Waals surface area contributed by atoms with E-state index in [2.05, 4.69) is 11.8 Å². The standard InChI is InChI=1S/C10H7F2NO2/c11-9-6(2-1-3-8(14)15)4-5-7(13)10(9)12/h4-5H,3,13H2,(H,14,15). The number of aliphatic carboxylic acids is 1. The van der Waals surface area contributed by atoms with Gasteiger partial charge in [-0.3, -0.25) is 4.79 Å². The van der Waals surface area contributed by atoms with Gasteiger partial charge in [0.05, 0.1) is 11.3 Å². The minimum absolute atomic E-state index is 0.206. The molecule has 0 fully saturated rings. The molecule has 0 atom stereocenters. The van der Waals surface area contributed by atoms with E-state index >= 15 is 0 Å². The minimum Gasteiger partial charge on any atom is -0.481 e. The van der Waals surface area contributed by atoms with Gasteiger partial charge in [-0.25, -0.2) is 8.78 Å². The molecule has 0 aliphatic heterocycles. The Hall–Kier alpha value is -2.09. The monoisotopic (exact) mass is 211 g/mol. The highest BCUT2D eigenvalue weighted by atomic mass is 19.2. The smallest absolute Gasteiger partial charge is 0.315 e. The maximum atomic E-state index is 13.1. The fourth-order valence-corrected chi connectivity index (χ4v) is 0.876. The first kappa shape index (κ1) is 11.0. The second kappa shape index (κ2) is 4.42. The summed E-state index contributed by atoms with van der Waals surface area (Å²) in [7, 11) is 0. The fraction of sp³-hybridized carbons (Fsp3) is 0.100. The molecule has 15 heavy (non-hydrogen) atoms. The van der Waals surface area contributed by atoms with Gasteiger partial charge >= 0.3 is 5.97 Å². The third kappa shape index (κ3) is 2.68. The van der Waals surface area contributed by atoms with Crippen LogP contribution >= 0.6 is 0 Å². The van der Waals surface area contributed by atoms with Crippen LogP contribution in [0.25, 0.3) is 0 Å². The average Bonchev–Trinajstić information content (AvgIpc) is 2.18. The van der Waals surface area contributed by atoms with Crippen molar-refractivity contribution in [2.45, 2.75) is 6.42 Å². The lowest BCUT2D eigenvalue weighted by molar-refractivity contribution is -0.135. The number of carboxylic acids is 1. The third-order valence-corrected chi connectivity index (χ3v) is 1.57. The first-order valence-corrected chi connectivity index (χ1v) is 3.96. The molecule has 5 heteroatoms.